The van der Waals surface area contributed by atoms with Gasteiger partial charge in [0, 0.05) is 49.3 Å². The molecule has 0 aliphatic carbocycles. The Balaban J connectivity index is 0.000000105. The molecule has 0 atom stereocenters. The van der Waals surface area contributed by atoms with Crippen LogP contribution in [-0.4, -0.2) is 18.7 Å². The zero-order valence-electron chi connectivity index (χ0n) is 70.5. The zero-order chi connectivity index (χ0) is 85.0. The summed E-state index contributed by atoms with van der Waals surface area (Å²) in [7, 11) is 0. The molecule has 4 heteroatoms. The van der Waals surface area contributed by atoms with Gasteiger partial charge in [0.15, 0.2) is 0 Å². The number of rotatable bonds is 9. The van der Waals surface area contributed by atoms with Crippen LogP contribution in [0.4, 0.5) is 0 Å². The van der Waals surface area contributed by atoms with Crippen molar-refractivity contribution >= 4 is 162 Å². The van der Waals surface area contributed by atoms with Crippen molar-refractivity contribution in [1.29, 1.82) is 0 Å². The Morgan fingerprint density at radius 2 is 0.333 bits per heavy atom. The summed E-state index contributed by atoms with van der Waals surface area (Å²) in [5, 5.41) is 31.0. The molecular weight excluding hydrogens is 1560 g/mol. The molecule has 0 amide bonds. The summed E-state index contributed by atoms with van der Waals surface area (Å²) in [6, 6.07) is 176. The number of pyridine rings is 1. The molecule has 0 N–H and O–H groups in total. The normalized spacial score (nSPS) is 11.7. The molecule has 4 aromatic heterocycles. The molecule has 0 saturated carbocycles. The highest BCUT2D eigenvalue weighted by Crippen LogP contribution is 2.45. The van der Waals surface area contributed by atoms with E-state index in [4.69, 9.17) is 4.98 Å². The molecular formula is C125H80N4. The van der Waals surface area contributed by atoms with E-state index in [1.165, 1.54) is 218 Å². The highest BCUT2D eigenvalue weighted by atomic mass is 15.1. The molecule has 0 fully saturated rings. The summed E-state index contributed by atoms with van der Waals surface area (Å²) in [6.45, 7) is 0. The van der Waals surface area contributed by atoms with Gasteiger partial charge in [-0.1, -0.05) is 376 Å². The Labute approximate surface area is 745 Å². The van der Waals surface area contributed by atoms with E-state index in [1.807, 2.05) is 0 Å². The van der Waals surface area contributed by atoms with E-state index in [9.17, 15) is 0 Å². The van der Waals surface area contributed by atoms with E-state index < -0.39 is 0 Å². The third kappa shape index (κ3) is 12.7. The Hall–Kier alpha value is -17.1. The molecule has 129 heavy (non-hydrogen) atoms. The van der Waals surface area contributed by atoms with Gasteiger partial charge in [-0.3, -0.25) is 4.57 Å². The van der Waals surface area contributed by atoms with Crippen LogP contribution in [0.25, 0.3) is 246 Å². The van der Waals surface area contributed by atoms with Gasteiger partial charge in [-0.05, 0) is 262 Å². The first-order chi connectivity index (χ1) is 64.0. The van der Waals surface area contributed by atoms with Gasteiger partial charge in [-0.2, -0.15) is 0 Å². The molecule has 0 bridgehead atoms. The summed E-state index contributed by atoms with van der Waals surface area (Å²) in [4.78, 5) is 5.21. The minimum absolute atomic E-state index is 0.921. The summed E-state index contributed by atoms with van der Waals surface area (Å²) < 4.78 is 7.03. The second kappa shape index (κ2) is 31.0. The van der Waals surface area contributed by atoms with Gasteiger partial charge >= 0.3 is 0 Å². The minimum atomic E-state index is 0.921. The van der Waals surface area contributed by atoms with Crippen LogP contribution in [0, 0.1) is 0 Å². The Morgan fingerprint density at radius 3 is 0.659 bits per heavy atom. The van der Waals surface area contributed by atoms with Crippen LogP contribution in [-0.2, 0) is 0 Å². The highest BCUT2D eigenvalue weighted by Gasteiger charge is 2.20. The fourth-order valence-electron chi connectivity index (χ4n) is 20.8. The number of hydrogen-bond acceptors (Lipinski definition) is 1. The average Bonchev–Trinajstić information content (AvgIpc) is 1.34. The van der Waals surface area contributed by atoms with Crippen molar-refractivity contribution < 1.29 is 0 Å². The van der Waals surface area contributed by atoms with Crippen molar-refractivity contribution in [2.75, 3.05) is 0 Å². The Bertz CT molecular complexity index is 8600. The third-order valence-corrected chi connectivity index (χ3v) is 26.7. The number of hydrogen-bond donors (Lipinski definition) is 0. The van der Waals surface area contributed by atoms with Crippen molar-refractivity contribution in [3.63, 3.8) is 0 Å². The topological polar surface area (TPSA) is 27.7 Å². The molecule has 4 heterocycles. The molecule has 0 aliphatic heterocycles. The first-order valence-electron chi connectivity index (χ1n) is 44.5. The zero-order valence-corrected chi connectivity index (χ0v) is 70.5. The molecule has 4 nitrogen and oxygen atoms in total. The lowest BCUT2D eigenvalue weighted by molar-refractivity contribution is 1.08. The predicted molar refractivity (Wildman–Crippen MR) is 550 cm³/mol. The van der Waals surface area contributed by atoms with Crippen LogP contribution in [0.1, 0.15) is 0 Å². The molecule has 0 aliphatic rings. The molecule has 0 unspecified atom stereocenters. The quantitative estimate of drug-likeness (QED) is 0.132. The Morgan fingerprint density at radius 1 is 0.116 bits per heavy atom. The monoisotopic (exact) mass is 1640 g/mol. The van der Waals surface area contributed by atoms with Gasteiger partial charge in [0.2, 0.25) is 0 Å². The minimum Gasteiger partial charge on any atom is -0.309 e. The number of nitrogens with zero attached hydrogens (tertiary/aromatic N) is 4. The highest BCUT2D eigenvalue weighted by molar-refractivity contribution is 6.29. The van der Waals surface area contributed by atoms with Crippen molar-refractivity contribution in [1.82, 2.24) is 18.7 Å². The molecule has 23 aromatic carbocycles. The number of para-hydroxylation sites is 6. The fourth-order valence-corrected chi connectivity index (χ4v) is 20.8. The van der Waals surface area contributed by atoms with Gasteiger partial charge in [0.05, 0.1) is 38.8 Å². The average molecular weight is 1640 g/mol. The van der Waals surface area contributed by atoms with E-state index in [2.05, 4.69) is 499 Å². The second-order valence-corrected chi connectivity index (χ2v) is 33.9. The maximum Gasteiger partial charge on any atom is 0.138 e. The maximum atomic E-state index is 5.21. The van der Waals surface area contributed by atoms with Gasteiger partial charge in [-0.15, -0.1) is 0 Å². The van der Waals surface area contributed by atoms with Gasteiger partial charge in [-0.25, -0.2) is 4.98 Å². The van der Waals surface area contributed by atoms with Crippen LogP contribution in [0.15, 0.2) is 485 Å². The van der Waals surface area contributed by atoms with E-state index in [1.54, 1.807) is 0 Å². The summed E-state index contributed by atoms with van der Waals surface area (Å²) >= 11 is 0. The van der Waals surface area contributed by atoms with Crippen LogP contribution >= 0.6 is 0 Å². The summed E-state index contributed by atoms with van der Waals surface area (Å²) in [5.74, 6) is 0.921. The third-order valence-electron chi connectivity index (χ3n) is 26.7. The first kappa shape index (κ1) is 74.6. The van der Waals surface area contributed by atoms with E-state index in [0.29, 0.717) is 0 Å². The van der Waals surface area contributed by atoms with Crippen LogP contribution < -0.4 is 0 Å². The van der Waals surface area contributed by atoms with Crippen molar-refractivity contribution in [2.24, 2.45) is 0 Å². The van der Waals surface area contributed by atoms with Crippen molar-refractivity contribution in [3.05, 3.63) is 485 Å². The lowest BCUT2D eigenvalue weighted by Gasteiger charge is -2.13. The molecule has 0 saturated heterocycles. The lowest BCUT2D eigenvalue weighted by atomic mass is 9.91. The first-order valence-corrected chi connectivity index (χ1v) is 44.5. The van der Waals surface area contributed by atoms with Crippen LogP contribution in [0.2, 0.25) is 0 Å². The molecule has 27 rings (SSSR count). The summed E-state index contributed by atoms with van der Waals surface area (Å²) in [6.07, 6.45) is 0. The van der Waals surface area contributed by atoms with E-state index >= 15 is 0 Å². The molecule has 27 aromatic rings. The van der Waals surface area contributed by atoms with Gasteiger partial charge in [0.1, 0.15) is 5.82 Å². The molecule has 600 valence electrons. The van der Waals surface area contributed by atoms with Crippen molar-refractivity contribution in [2.45, 2.75) is 0 Å². The smallest absolute Gasteiger partial charge is 0.138 e. The van der Waals surface area contributed by atoms with E-state index in [0.717, 1.165) is 28.1 Å². The summed E-state index contributed by atoms with van der Waals surface area (Å²) in [5.41, 5.74) is 23.8. The van der Waals surface area contributed by atoms with Crippen molar-refractivity contribution in [3.8, 4) is 84.1 Å². The fraction of sp³-hybridized carbons (Fsp3) is 0. The van der Waals surface area contributed by atoms with Crippen LogP contribution in [0.5, 0.6) is 0 Å². The predicted octanol–water partition coefficient (Wildman–Crippen LogP) is 34.1. The number of aromatic nitrogens is 4. The van der Waals surface area contributed by atoms with Gasteiger partial charge < -0.3 is 9.13 Å². The van der Waals surface area contributed by atoms with E-state index in [-0.39, 0.29) is 0 Å². The lowest BCUT2D eigenvalue weighted by Crippen LogP contribution is -1.98. The van der Waals surface area contributed by atoms with Gasteiger partial charge in [0.25, 0.3) is 0 Å². The maximum absolute atomic E-state index is 5.21. The molecule has 0 spiro atoms. The standard InChI is InChI=1S/2C42H27N.C41H26N2/c1-2-17-35-33(15-1)34-16-3-4-18-36(34)40-27-31(23-24-37(35)40)29-12-9-11-28(25-29)30-13-10-14-32(26-30)43-41-21-7-5-19-38(41)39-20-6-8-22-42(39)43;1-2-14-35-33(12-1)34-13-3-4-15-36(34)40-27-31(22-25-37(35)40)30-11-9-10-29(26-30)28-20-23-32(24-21-28)43-41-18-7-5-16-38(41)39-17-6-8-19-42(39)43;1-2-15-32-30(13-1)31-14-3-4-16-33(31)37-26-28(23-24-34(32)37)27-11-9-12-29(25-27)38-19-10-22-41(42-38)43-39-20-7-5-17-35(39)36-18-6-8-21-40(36)43/h2*1-27H;1-26H. The number of fused-ring (bicyclic) bond motifs is 27. The molecule has 0 radical (unpaired) electrons. The second-order valence-electron chi connectivity index (χ2n) is 33.9. The van der Waals surface area contributed by atoms with Crippen LogP contribution in [0.3, 0.4) is 0 Å². The number of benzene rings is 23. The largest absolute Gasteiger partial charge is 0.309 e. The SMILES string of the molecule is c1cc(-c2ccc(-n3c4ccccc4c4ccccc43)cc2)cc(-c2ccc3c4ccccc4c4ccccc4c3c2)c1.c1cc(-c2ccc3c4ccccc4c4ccccc4c3c2)cc(-c2cccc(-n3c4ccccc4c4ccccc43)n2)c1.c1cc(-c2cccc(-n3c4ccccc4c4ccccc43)c2)cc(-c2ccc3c4ccccc4c4ccccc4c3c2)c1. The Kier molecular flexibility index (Phi) is 17.9.